The van der Waals surface area contributed by atoms with Crippen LogP contribution >= 0.6 is 15.9 Å². The van der Waals surface area contributed by atoms with E-state index in [0.717, 1.165) is 11.1 Å². The van der Waals surface area contributed by atoms with Gasteiger partial charge in [-0.05, 0) is 23.3 Å². The van der Waals surface area contributed by atoms with Gasteiger partial charge in [-0.1, -0.05) is 52.3 Å². The van der Waals surface area contributed by atoms with E-state index in [0.29, 0.717) is 11.3 Å². The molecule has 3 heteroatoms. The van der Waals surface area contributed by atoms with Gasteiger partial charge in [0.15, 0.2) is 5.69 Å². The molecular formula is C15H9BrN2. The van der Waals surface area contributed by atoms with Crippen LogP contribution < -0.4 is 0 Å². The summed E-state index contributed by atoms with van der Waals surface area (Å²) in [6.07, 6.45) is 0. The van der Waals surface area contributed by atoms with Crippen molar-refractivity contribution >= 4 is 21.6 Å². The highest BCUT2D eigenvalue weighted by Crippen LogP contribution is 2.31. The summed E-state index contributed by atoms with van der Waals surface area (Å²) >= 11 is 3.63. The molecule has 2 aromatic rings. The van der Waals surface area contributed by atoms with Gasteiger partial charge in [-0.25, -0.2) is 4.85 Å². The molecule has 18 heavy (non-hydrogen) atoms. The summed E-state index contributed by atoms with van der Waals surface area (Å²) in [5.74, 6) is 0. The van der Waals surface area contributed by atoms with Crippen molar-refractivity contribution in [1.82, 2.24) is 0 Å². The van der Waals surface area contributed by atoms with Gasteiger partial charge in [0, 0.05) is 0 Å². The third kappa shape index (κ3) is 2.59. The molecule has 0 radical (unpaired) electrons. The summed E-state index contributed by atoms with van der Waals surface area (Å²) in [7, 11) is 0. The minimum atomic E-state index is 0.0741. The summed E-state index contributed by atoms with van der Waals surface area (Å²) < 4.78 is 0. The van der Waals surface area contributed by atoms with Crippen LogP contribution in [0.25, 0.3) is 4.85 Å². The smallest absolute Gasteiger partial charge is 0.187 e. The number of benzene rings is 2. The Hall–Kier alpha value is -2.10. The molecule has 86 valence electrons. The molecule has 0 aromatic heterocycles. The standard InChI is InChI=1S/C15H9BrN2/c1-18-14-8-6-13(7-9-14)15(16)12-4-2-11(10-17)3-5-12/h2-9,15H. The van der Waals surface area contributed by atoms with E-state index in [4.69, 9.17) is 11.8 Å². The van der Waals surface area contributed by atoms with Crippen molar-refractivity contribution in [3.63, 3.8) is 0 Å². The lowest BCUT2D eigenvalue weighted by Gasteiger charge is -2.10. The highest BCUT2D eigenvalue weighted by atomic mass is 79.9. The highest BCUT2D eigenvalue weighted by Gasteiger charge is 2.09. The Morgan fingerprint density at radius 3 is 1.94 bits per heavy atom. The first kappa shape index (κ1) is 12.4. The fourth-order valence-electron chi connectivity index (χ4n) is 1.64. The predicted molar refractivity (Wildman–Crippen MR) is 74.6 cm³/mol. The van der Waals surface area contributed by atoms with Gasteiger partial charge in [0.1, 0.15) is 0 Å². The van der Waals surface area contributed by atoms with Crippen molar-refractivity contribution in [3.05, 3.63) is 76.6 Å². The maximum Gasteiger partial charge on any atom is 0.187 e. The quantitative estimate of drug-likeness (QED) is 0.588. The molecule has 2 rings (SSSR count). The Kier molecular flexibility index (Phi) is 3.77. The maximum absolute atomic E-state index is 8.75. The van der Waals surface area contributed by atoms with E-state index in [1.807, 2.05) is 24.3 Å². The number of halogens is 1. The second-order valence-corrected chi connectivity index (χ2v) is 4.72. The maximum atomic E-state index is 8.75. The molecule has 0 amide bonds. The zero-order valence-electron chi connectivity index (χ0n) is 9.47. The molecule has 0 N–H and O–H groups in total. The number of hydrogen-bond acceptors (Lipinski definition) is 1. The lowest BCUT2D eigenvalue weighted by molar-refractivity contribution is 1.18. The van der Waals surface area contributed by atoms with Gasteiger partial charge in [0.2, 0.25) is 0 Å². The second-order valence-electron chi connectivity index (χ2n) is 3.80. The number of nitrogens with zero attached hydrogens (tertiary/aromatic N) is 2. The van der Waals surface area contributed by atoms with Gasteiger partial charge in [0.25, 0.3) is 0 Å². The predicted octanol–water partition coefficient (Wildman–Crippen LogP) is 4.59. The van der Waals surface area contributed by atoms with Gasteiger partial charge >= 0.3 is 0 Å². The molecule has 2 aromatic carbocycles. The van der Waals surface area contributed by atoms with Crippen LogP contribution in [-0.2, 0) is 0 Å². The van der Waals surface area contributed by atoms with Crippen LogP contribution in [0.5, 0.6) is 0 Å². The van der Waals surface area contributed by atoms with Gasteiger partial charge in [-0.3, -0.25) is 0 Å². The van der Waals surface area contributed by atoms with Crippen molar-refractivity contribution in [2.75, 3.05) is 0 Å². The summed E-state index contributed by atoms with van der Waals surface area (Å²) in [5.41, 5.74) is 3.47. The van der Waals surface area contributed by atoms with E-state index < -0.39 is 0 Å². The molecule has 1 unspecified atom stereocenters. The van der Waals surface area contributed by atoms with Crippen LogP contribution in [0, 0.1) is 17.9 Å². The summed E-state index contributed by atoms with van der Waals surface area (Å²) in [6.45, 7) is 6.91. The number of hydrogen-bond donors (Lipinski definition) is 0. The van der Waals surface area contributed by atoms with Crippen LogP contribution in [0.15, 0.2) is 48.5 Å². The fraction of sp³-hybridized carbons (Fsp3) is 0.0667. The van der Waals surface area contributed by atoms with Gasteiger partial charge in [-0.15, -0.1) is 0 Å². The Morgan fingerprint density at radius 2 is 1.50 bits per heavy atom. The van der Waals surface area contributed by atoms with E-state index in [-0.39, 0.29) is 4.83 Å². The molecule has 0 saturated carbocycles. The summed E-state index contributed by atoms with van der Waals surface area (Å²) in [6, 6.07) is 17.0. The summed E-state index contributed by atoms with van der Waals surface area (Å²) in [4.78, 5) is 3.44. The molecule has 0 heterocycles. The van der Waals surface area contributed by atoms with Crippen LogP contribution in [-0.4, -0.2) is 0 Å². The van der Waals surface area contributed by atoms with E-state index in [1.165, 1.54) is 0 Å². The first-order chi connectivity index (χ1) is 8.74. The van der Waals surface area contributed by atoms with Crippen molar-refractivity contribution in [3.8, 4) is 6.07 Å². The van der Waals surface area contributed by atoms with Crippen molar-refractivity contribution < 1.29 is 0 Å². The van der Waals surface area contributed by atoms with Crippen molar-refractivity contribution in [2.24, 2.45) is 0 Å². The van der Waals surface area contributed by atoms with Crippen LogP contribution in [0.1, 0.15) is 21.5 Å². The molecule has 0 saturated heterocycles. The van der Waals surface area contributed by atoms with Gasteiger partial charge < -0.3 is 0 Å². The highest BCUT2D eigenvalue weighted by molar-refractivity contribution is 9.09. The molecule has 0 fully saturated rings. The van der Waals surface area contributed by atoms with E-state index in [9.17, 15) is 0 Å². The molecule has 0 aliphatic rings. The van der Waals surface area contributed by atoms with E-state index >= 15 is 0 Å². The first-order valence-electron chi connectivity index (χ1n) is 5.36. The molecule has 2 nitrogen and oxygen atoms in total. The third-order valence-corrected chi connectivity index (χ3v) is 3.70. The number of alkyl halides is 1. The third-order valence-electron chi connectivity index (χ3n) is 2.65. The second kappa shape index (κ2) is 5.49. The van der Waals surface area contributed by atoms with Crippen molar-refractivity contribution in [1.29, 1.82) is 5.26 Å². The zero-order valence-corrected chi connectivity index (χ0v) is 11.1. The molecule has 0 aliphatic heterocycles. The Bertz CT molecular complexity index is 558. The lowest BCUT2D eigenvalue weighted by atomic mass is 10.0. The van der Waals surface area contributed by atoms with Gasteiger partial charge in [0.05, 0.1) is 23.0 Å². The number of rotatable bonds is 2. The van der Waals surface area contributed by atoms with E-state index in [2.05, 4.69) is 26.8 Å². The average Bonchev–Trinajstić information content (AvgIpc) is 2.47. The molecule has 0 bridgehead atoms. The minimum Gasteiger partial charge on any atom is -0.238 e. The molecular weight excluding hydrogens is 288 g/mol. The van der Waals surface area contributed by atoms with Crippen LogP contribution in [0.3, 0.4) is 0 Å². The lowest BCUT2D eigenvalue weighted by Crippen LogP contribution is -1.92. The largest absolute Gasteiger partial charge is 0.238 e. The minimum absolute atomic E-state index is 0.0741. The Balaban J connectivity index is 2.27. The molecule has 0 aliphatic carbocycles. The average molecular weight is 297 g/mol. The normalized spacial score (nSPS) is 11.3. The fourth-order valence-corrected chi connectivity index (χ4v) is 2.25. The van der Waals surface area contributed by atoms with Gasteiger partial charge in [-0.2, -0.15) is 5.26 Å². The monoisotopic (exact) mass is 296 g/mol. The Labute approximate surface area is 114 Å². The molecule has 0 spiro atoms. The van der Waals surface area contributed by atoms with Crippen LogP contribution in [0.4, 0.5) is 5.69 Å². The SMILES string of the molecule is [C-]#[N+]c1ccc(C(Br)c2ccc(C#N)cc2)cc1. The van der Waals surface area contributed by atoms with E-state index in [1.54, 1.807) is 24.3 Å². The first-order valence-corrected chi connectivity index (χ1v) is 6.27. The Morgan fingerprint density at radius 1 is 1.00 bits per heavy atom. The number of nitriles is 1. The summed E-state index contributed by atoms with van der Waals surface area (Å²) in [5, 5.41) is 8.75. The van der Waals surface area contributed by atoms with Crippen molar-refractivity contribution in [2.45, 2.75) is 4.83 Å². The van der Waals surface area contributed by atoms with Crippen LogP contribution in [0.2, 0.25) is 0 Å². The topological polar surface area (TPSA) is 28.1 Å². The molecule has 1 atom stereocenters. The zero-order chi connectivity index (χ0) is 13.0.